The van der Waals surface area contributed by atoms with Crippen LogP contribution in [0.5, 0.6) is 0 Å². The van der Waals surface area contributed by atoms with E-state index < -0.39 is 5.97 Å². The molecular formula is C10H12N2O3S. The summed E-state index contributed by atoms with van der Waals surface area (Å²) < 4.78 is 0. The number of amides is 1. The van der Waals surface area contributed by atoms with E-state index >= 15 is 0 Å². The first-order valence-corrected chi connectivity index (χ1v) is 5.97. The number of likely N-dealkylation sites (tertiary alicyclic amines) is 1. The molecule has 1 fully saturated rings. The zero-order valence-electron chi connectivity index (χ0n) is 8.84. The molecule has 1 aliphatic heterocycles. The Hall–Kier alpha value is -1.43. The third kappa shape index (κ3) is 1.92. The molecule has 0 spiro atoms. The van der Waals surface area contributed by atoms with E-state index in [0.717, 1.165) is 30.7 Å². The number of carboxylic acid groups (broad SMARTS) is 1. The number of aromatic carboxylic acids is 1. The molecule has 2 heterocycles. The summed E-state index contributed by atoms with van der Waals surface area (Å²) in [5, 5.41) is 10.2. The number of carbonyl (C=O) groups is 2. The van der Waals surface area contributed by atoms with Crippen molar-refractivity contribution in [3.05, 3.63) is 16.1 Å². The number of thiazole rings is 1. The van der Waals surface area contributed by atoms with Crippen molar-refractivity contribution in [3.8, 4) is 0 Å². The van der Waals surface area contributed by atoms with E-state index in [1.807, 2.05) is 6.92 Å². The molecule has 1 atom stereocenters. The Kier molecular flexibility index (Phi) is 2.91. The standard InChI is InChI=1S/C10H12N2O3S/c1-6-3-2-4-12(6)9(13)7-5-16-8(11-7)10(14)15/h5-6H,2-4H2,1H3,(H,14,15). The van der Waals surface area contributed by atoms with Crippen LogP contribution < -0.4 is 0 Å². The minimum atomic E-state index is -1.08. The van der Waals surface area contributed by atoms with Crippen LogP contribution in [-0.4, -0.2) is 39.5 Å². The topological polar surface area (TPSA) is 70.5 Å². The Balaban J connectivity index is 2.17. The van der Waals surface area contributed by atoms with Crippen molar-refractivity contribution >= 4 is 23.2 Å². The molecule has 5 nitrogen and oxygen atoms in total. The van der Waals surface area contributed by atoms with E-state index in [2.05, 4.69) is 4.98 Å². The summed E-state index contributed by atoms with van der Waals surface area (Å²) in [6.07, 6.45) is 2.00. The first kappa shape index (κ1) is 11.1. The number of hydrogen-bond donors (Lipinski definition) is 1. The minimum Gasteiger partial charge on any atom is -0.476 e. The van der Waals surface area contributed by atoms with Crippen LogP contribution in [-0.2, 0) is 0 Å². The molecule has 1 amide bonds. The normalized spacial score (nSPS) is 20.1. The van der Waals surface area contributed by atoms with Crippen LogP contribution in [0.3, 0.4) is 0 Å². The van der Waals surface area contributed by atoms with Crippen LogP contribution in [0.4, 0.5) is 0 Å². The van der Waals surface area contributed by atoms with E-state index in [-0.39, 0.29) is 22.7 Å². The zero-order valence-corrected chi connectivity index (χ0v) is 9.66. The second-order valence-electron chi connectivity index (χ2n) is 3.83. The maximum atomic E-state index is 12.0. The van der Waals surface area contributed by atoms with E-state index in [1.165, 1.54) is 5.38 Å². The van der Waals surface area contributed by atoms with Crippen molar-refractivity contribution in [2.75, 3.05) is 6.54 Å². The van der Waals surface area contributed by atoms with Crippen molar-refractivity contribution in [3.63, 3.8) is 0 Å². The van der Waals surface area contributed by atoms with Crippen LogP contribution in [0.15, 0.2) is 5.38 Å². The SMILES string of the molecule is CC1CCCN1C(=O)c1csc(C(=O)O)n1. The van der Waals surface area contributed by atoms with Crippen LogP contribution in [0, 0.1) is 0 Å². The Bertz CT molecular complexity index is 429. The third-order valence-corrected chi connectivity index (χ3v) is 3.55. The van der Waals surface area contributed by atoms with Gasteiger partial charge in [0.25, 0.3) is 5.91 Å². The van der Waals surface area contributed by atoms with Gasteiger partial charge in [0, 0.05) is 18.0 Å². The molecule has 0 bridgehead atoms. The molecule has 1 aliphatic rings. The highest BCUT2D eigenvalue weighted by atomic mass is 32.1. The highest BCUT2D eigenvalue weighted by Crippen LogP contribution is 2.20. The monoisotopic (exact) mass is 240 g/mol. The summed E-state index contributed by atoms with van der Waals surface area (Å²) in [7, 11) is 0. The largest absolute Gasteiger partial charge is 0.476 e. The number of nitrogens with zero attached hydrogens (tertiary/aromatic N) is 2. The number of carboxylic acids is 1. The number of rotatable bonds is 2. The molecule has 1 aromatic heterocycles. The van der Waals surface area contributed by atoms with Crippen molar-refractivity contribution in [2.24, 2.45) is 0 Å². The minimum absolute atomic E-state index is 0.0322. The van der Waals surface area contributed by atoms with Gasteiger partial charge in [-0.1, -0.05) is 0 Å². The molecule has 1 aromatic rings. The van der Waals surface area contributed by atoms with E-state index in [9.17, 15) is 9.59 Å². The summed E-state index contributed by atoms with van der Waals surface area (Å²) in [6, 6.07) is 0.225. The van der Waals surface area contributed by atoms with Crippen LogP contribution >= 0.6 is 11.3 Å². The average Bonchev–Trinajstić information content (AvgIpc) is 2.84. The van der Waals surface area contributed by atoms with Gasteiger partial charge in [-0.3, -0.25) is 4.79 Å². The maximum absolute atomic E-state index is 12.0. The van der Waals surface area contributed by atoms with Gasteiger partial charge in [0.15, 0.2) is 0 Å². The molecule has 86 valence electrons. The molecule has 2 rings (SSSR count). The lowest BCUT2D eigenvalue weighted by molar-refractivity contribution is 0.0696. The molecule has 1 unspecified atom stereocenters. The summed E-state index contributed by atoms with van der Waals surface area (Å²) in [4.78, 5) is 28.2. The van der Waals surface area contributed by atoms with Gasteiger partial charge >= 0.3 is 5.97 Å². The molecule has 1 saturated heterocycles. The molecule has 1 N–H and O–H groups in total. The Morgan fingerprint density at radius 3 is 2.88 bits per heavy atom. The summed E-state index contributed by atoms with van der Waals surface area (Å²) in [6.45, 7) is 2.73. The van der Waals surface area contributed by atoms with Crippen LogP contribution in [0.2, 0.25) is 0 Å². The van der Waals surface area contributed by atoms with Crippen LogP contribution in [0.25, 0.3) is 0 Å². The average molecular weight is 240 g/mol. The smallest absolute Gasteiger partial charge is 0.365 e. The molecule has 16 heavy (non-hydrogen) atoms. The summed E-state index contributed by atoms with van der Waals surface area (Å²) in [5.41, 5.74) is 0.246. The fraction of sp³-hybridized carbons (Fsp3) is 0.500. The van der Waals surface area contributed by atoms with Gasteiger partial charge in [0.1, 0.15) is 5.69 Å². The Morgan fingerprint density at radius 1 is 1.62 bits per heavy atom. The van der Waals surface area contributed by atoms with Crippen molar-refractivity contribution < 1.29 is 14.7 Å². The van der Waals surface area contributed by atoms with Crippen molar-refractivity contribution in [2.45, 2.75) is 25.8 Å². The lowest BCUT2D eigenvalue weighted by Gasteiger charge is -2.19. The van der Waals surface area contributed by atoms with Gasteiger partial charge in [0.05, 0.1) is 0 Å². The molecular weight excluding hydrogens is 228 g/mol. The highest BCUT2D eigenvalue weighted by Gasteiger charge is 2.27. The summed E-state index contributed by atoms with van der Waals surface area (Å²) >= 11 is 0.988. The quantitative estimate of drug-likeness (QED) is 0.849. The lowest BCUT2D eigenvalue weighted by Crippen LogP contribution is -2.33. The van der Waals surface area contributed by atoms with Gasteiger partial charge < -0.3 is 10.0 Å². The predicted molar refractivity (Wildman–Crippen MR) is 58.8 cm³/mol. The van der Waals surface area contributed by atoms with Gasteiger partial charge in [-0.2, -0.15) is 0 Å². The third-order valence-electron chi connectivity index (χ3n) is 2.72. The molecule has 0 aliphatic carbocycles. The fourth-order valence-electron chi connectivity index (χ4n) is 1.85. The number of carbonyl (C=O) groups excluding carboxylic acids is 1. The maximum Gasteiger partial charge on any atom is 0.365 e. The van der Waals surface area contributed by atoms with Crippen molar-refractivity contribution in [1.82, 2.24) is 9.88 Å². The van der Waals surface area contributed by atoms with E-state index in [4.69, 9.17) is 5.11 Å². The second kappa shape index (κ2) is 4.21. The van der Waals surface area contributed by atoms with Gasteiger partial charge in [-0.15, -0.1) is 11.3 Å². The first-order valence-electron chi connectivity index (χ1n) is 5.09. The zero-order chi connectivity index (χ0) is 11.7. The second-order valence-corrected chi connectivity index (χ2v) is 4.69. The lowest BCUT2D eigenvalue weighted by atomic mass is 10.2. The molecule has 0 saturated carbocycles. The number of aromatic nitrogens is 1. The Labute approximate surface area is 96.7 Å². The molecule has 6 heteroatoms. The van der Waals surface area contributed by atoms with E-state index in [1.54, 1.807) is 4.90 Å². The van der Waals surface area contributed by atoms with Gasteiger partial charge in [-0.05, 0) is 19.8 Å². The predicted octanol–water partition coefficient (Wildman–Crippen LogP) is 1.47. The highest BCUT2D eigenvalue weighted by molar-refractivity contribution is 7.11. The fourth-order valence-corrected chi connectivity index (χ4v) is 2.48. The van der Waals surface area contributed by atoms with Crippen molar-refractivity contribution in [1.29, 1.82) is 0 Å². The number of hydrogen-bond acceptors (Lipinski definition) is 4. The molecule has 0 radical (unpaired) electrons. The first-order chi connectivity index (χ1) is 7.59. The van der Waals surface area contributed by atoms with Gasteiger partial charge in [-0.25, -0.2) is 9.78 Å². The van der Waals surface area contributed by atoms with Gasteiger partial charge in [0.2, 0.25) is 5.01 Å². The van der Waals surface area contributed by atoms with Crippen LogP contribution in [0.1, 0.15) is 40.1 Å². The van der Waals surface area contributed by atoms with E-state index in [0.29, 0.717) is 0 Å². The summed E-state index contributed by atoms with van der Waals surface area (Å²) in [5.74, 6) is -1.24. The Morgan fingerprint density at radius 2 is 2.38 bits per heavy atom. The molecule has 0 aromatic carbocycles.